The lowest BCUT2D eigenvalue weighted by Crippen LogP contribution is -2.36. The van der Waals surface area contributed by atoms with Crippen molar-refractivity contribution >= 4 is 17.5 Å². The van der Waals surface area contributed by atoms with E-state index in [1.807, 2.05) is 37.3 Å². The van der Waals surface area contributed by atoms with Gasteiger partial charge in [-0.2, -0.15) is 0 Å². The van der Waals surface area contributed by atoms with Crippen LogP contribution in [0.2, 0.25) is 0 Å². The summed E-state index contributed by atoms with van der Waals surface area (Å²) in [6.45, 7) is 2.30. The maximum absolute atomic E-state index is 12.8. The van der Waals surface area contributed by atoms with Crippen molar-refractivity contribution in [3.63, 3.8) is 0 Å². The lowest BCUT2D eigenvalue weighted by molar-refractivity contribution is -0.136. The average Bonchev–Trinajstić information content (AvgIpc) is 3.30. The lowest BCUT2D eigenvalue weighted by Gasteiger charge is -2.26. The lowest BCUT2D eigenvalue weighted by atomic mass is 10.1. The molecule has 0 bridgehead atoms. The molecule has 0 radical (unpaired) electrons. The number of hydrogen-bond acceptors (Lipinski definition) is 4. The molecule has 0 spiro atoms. The summed E-state index contributed by atoms with van der Waals surface area (Å²) in [7, 11) is 3.34. The number of ether oxygens (including phenoxy) is 1. The van der Waals surface area contributed by atoms with Gasteiger partial charge in [0.1, 0.15) is 11.5 Å². The smallest absolute Gasteiger partial charge is 0.228 e. The van der Waals surface area contributed by atoms with Gasteiger partial charge in [0.25, 0.3) is 0 Å². The summed E-state index contributed by atoms with van der Waals surface area (Å²) < 4.78 is 10.5. The maximum atomic E-state index is 12.8. The maximum Gasteiger partial charge on any atom is 0.228 e. The molecule has 6 heteroatoms. The number of anilines is 1. The van der Waals surface area contributed by atoms with E-state index in [9.17, 15) is 9.59 Å². The highest BCUT2D eigenvalue weighted by Gasteiger charge is 2.37. The first kappa shape index (κ1) is 17.1. The molecular weight excluding hydrogens is 320 g/mol. The third-order valence-electron chi connectivity index (χ3n) is 4.74. The second-order valence-corrected chi connectivity index (χ2v) is 6.24. The van der Waals surface area contributed by atoms with Gasteiger partial charge in [0, 0.05) is 25.7 Å². The molecule has 3 rings (SSSR count). The van der Waals surface area contributed by atoms with Gasteiger partial charge < -0.3 is 19.0 Å². The van der Waals surface area contributed by atoms with Gasteiger partial charge in [-0.15, -0.1) is 0 Å². The molecule has 2 aromatic rings. The fraction of sp³-hybridized carbons (Fsp3) is 0.368. The number of methoxy groups -OCH3 is 1. The van der Waals surface area contributed by atoms with Crippen LogP contribution < -0.4 is 9.64 Å². The Kier molecular flexibility index (Phi) is 4.79. The highest BCUT2D eigenvalue weighted by atomic mass is 16.5. The van der Waals surface area contributed by atoms with E-state index in [-0.39, 0.29) is 30.2 Å². The number of hydrogen-bond donors (Lipinski definition) is 0. The Morgan fingerprint density at radius 1 is 1.32 bits per heavy atom. The zero-order valence-electron chi connectivity index (χ0n) is 14.6. The first-order chi connectivity index (χ1) is 12.0. The van der Waals surface area contributed by atoms with Crippen LogP contribution >= 0.6 is 0 Å². The van der Waals surface area contributed by atoms with Crippen LogP contribution in [0.1, 0.15) is 25.1 Å². The molecule has 25 heavy (non-hydrogen) atoms. The van der Waals surface area contributed by atoms with Crippen LogP contribution in [0.4, 0.5) is 5.69 Å². The summed E-state index contributed by atoms with van der Waals surface area (Å²) in [5, 5.41) is 0. The van der Waals surface area contributed by atoms with E-state index in [2.05, 4.69) is 0 Å². The minimum atomic E-state index is -0.350. The van der Waals surface area contributed by atoms with Crippen molar-refractivity contribution in [1.29, 1.82) is 0 Å². The SMILES string of the molecule is COc1ccc(N2CC(C(=O)N(C)C(C)c3ccco3)CC2=O)cc1. The number of carbonyl (C=O) groups excluding carboxylic acids is 2. The normalized spacial score (nSPS) is 18.3. The van der Waals surface area contributed by atoms with Crippen molar-refractivity contribution in [3.8, 4) is 5.75 Å². The Bertz CT molecular complexity index is 739. The zero-order chi connectivity index (χ0) is 18.0. The Morgan fingerprint density at radius 3 is 2.64 bits per heavy atom. The summed E-state index contributed by atoms with van der Waals surface area (Å²) >= 11 is 0. The van der Waals surface area contributed by atoms with E-state index in [1.54, 1.807) is 36.3 Å². The number of furan rings is 1. The van der Waals surface area contributed by atoms with E-state index < -0.39 is 0 Å². The number of nitrogens with zero attached hydrogens (tertiary/aromatic N) is 2. The molecule has 2 amide bonds. The molecule has 1 saturated heterocycles. The third-order valence-corrected chi connectivity index (χ3v) is 4.74. The fourth-order valence-electron chi connectivity index (χ4n) is 3.08. The highest BCUT2D eigenvalue weighted by Crippen LogP contribution is 2.29. The first-order valence-electron chi connectivity index (χ1n) is 8.25. The van der Waals surface area contributed by atoms with Gasteiger partial charge in [0.05, 0.1) is 25.3 Å². The van der Waals surface area contributed by atoms with Gasteiger partial charge in [0.15, 0.2) is 0 Å². The Morgan fingerprint density at radius 2 is 2.04 bits per heavy atom. The van der Waals surface area contributed by atoms with Crippen molar-refractivity contribution in [2.75, 3.05) is 25.6 Å². The fourth-order valence-corrected chi connectivity index (χ4v) is 3.08. The largest absolute Gasteiger partial charge is 0.497 e. The van der Waals surface area contributed by atoms with E-state index in [4.69, 9.17) is 9.15 Å². The minimum absolute atomic E-state index is 0.0393. The number of benzene rings is 1. The van der Waals surface area contributed by atoms with Crippen molar-refractivity contribution in [2.24, 2.45) is 5.92 Å². The van der Waals surface area contributed by atoms with Crippen molar-refractivity contribution in [3.05, 3.63) is 48.4 Å². The predicted octanol–water partition coefficient (Wildman–Crippen LogP) is 2.86. The van der Waals surface area contributed by atoms with Gasteiger partial charge in [-0.3, -0.25) is 9.59 Å². The molecule has 1 fully saturated rings. The van der Waals surface area contributed by atoms with Crippen LogP contribution in [0.25, 0.3) is 0 Å². The van der Waals surface area contributed by atoms with E-state index >= 15 is 0 Å². The number of carbonyl (C=O) groups is 2. The monoisotopic (exact) mass is 342 g/mol. The molecule has 2 heterocycles. The van der Waals surface area contributed by atoms with Gasteiger partial charge in [0.2, 0.25) is 11.8 Å². The van der Waals surface area contributed by atoms with Crippen LogP contribution in [0.3, 0.4) is 0 Å². The topological polar surface area (TPSA) is 63.0 Å². The second kappa shape index (κ2) is 7.01. The minimum Gasteiger partial charge on any atom is -0.497 e. The molecule has 132 valence electrons. The summed E-state index contributed by atoms with van der Waals surface area (Å²) in [5.41, 5.74) is 0.780. The molecule has 0 N–H and O–H groups in total. The first-order valence-corrected chi connectivity index (χ1v) is 8.25. The summed E-state index contributed by atoms with van der Waals surface area (Å²) in [5.74, 6) is 1.02. The molecule has 1 aromatic heterocycles. The van der Waals surface area contributed by atoms with Crippen LogP contribution in [0, 0.1) is 5.92 Å². The highest BCUT2D eigenvalue weighted by molar-refractivity contribution is 6.00. The van der Waals surface area contributed by atoms with Gasteiger partial charge >= 0.3 is 0 Å². The predicted molar refractivity (Wildman–Crippen MR) is 93.3 cm³/mol. The third kappa shape index (κ3) is 3.38. The van der Waals surface area contributed by atoms with Gasteiger partial charge in [-0.25, -0.2) is 0 Å². The Balaban J connectivity index is 1.69. The number of rotatable bonds is 5. The molecule has 1 aromatic carbocycles. The van der Waals surface area contributed by atoms with Crippen molar-refractivity contribution in [1.82, 2.24) is 4.90 Å². The average molecular weight is 342 g/mol. The van der Waals surface area contributed by atoms with E-state index in [0.29, 0.717) is 6.54 Å². The van der Waals surface area contributed by atoms with Crippen LogP contribution in [-0.4, -0.2) is 37.4 Å². The van der Waals surface area contributed by atoms with Crippen molar-refractivity contribution in [2.45, 2.75) is 19.4 Å². The Labute approximate surface area is 147 Å². The van der Waals surface area contributed by atoms with Crippen LogP contribution in [0.5, 0.6) is 5.75 Å². The molecule has 0 saturated carbocycles. The Hall–Kier alpha value is -2.76. The molecule has 2 atom stereocenters. The number of amides is 2. The molecule has 1 aliphatic heterocycles. The van der Waals surface area contributed by atoms with Crippen LogP contribution in [0.15, 0.2) is 47.1 Å². The summed E-state index contributed by atoms with van der Waals surface area (Å²) in [6.07, 6.45) is 1.81. The van der Waals surface area contributed by atoms with Crippen LogP contribution in [-0.2, 0) is 9.59 Å². The second-order valence-electron chi connectivity index (χ2n) is 6.24. The summed E-state index contributed by atoms with van der Waals surface area (Å²) in [4.78, 5) is 28.5. The molecule has 2 unspecified atom stereocenters. The van der Waals surface area contributed by atoms with Gasteiger partial charge in [-0.05, 0) is 43.3 Å². The van der Waals surface area contributed by atoms with E-state index in [1.165, 1.54) is 0 Å². The zero-order valence-corrected chi connectivity index (χ0v) is 14.6. The van der Waals surface area contributed by atoms with E-state index in [0.717, 1.165) is 17.2 Å². The van der Waals surface area contributed by atoms with Crippen molar-refractivity contribution < 1.29 is 18.7 Å². The van der Waals surface area contributed by atoms with Gasteiger partial charge in [-0.1, -0.05) is 0 Å². The molecular formula is C19H22N2O4. The summed E-state index contributed by atoms with van der Waals surface area (Å²) in [6, 6.07) is 10.8. The molecule has 6 nitrogen and oxygen atoms in total. The molecule has 1 aliphatic rings. The molecule has 0 aliphatic carbocycles. The standard InChI is InChI=1S/C19H22N2O4/c1-13(17-5-4-10-25-17)20(2)19(23)14-11-18(22)21(12-14)15-6-8-16(24-3)9-7-15/h4-10,13-14H,11-12H2,1-3H3. The quantitative estimate of drug-likeness (QED) is 0.838.